The molecule has 1 aromatic carbocycles. The fourth-order valence-corrected chi connectivity index (χ4v) is 2.83. The van der Waals surface area contributed by atoms with Gasteiger partial charge in [-0.2, -0.15) is 0 Å². The van der Waals surface area contributed by atoms with E-state index in [9.17, 15) is 9.90 Å². The fourth-order valence-electron chi connectivity index (χ4n) is 2.71. The second-order valence-electron chi connectivity index (χ2n) is 5.71. The van der Waals surface area contributed by atoms with Crippen LogP contribution in [0, 0.1) is 0 Å². The zero-order chi connectivity index (χ0) is 18.5. The highest BCUT2D eigenvalue weighted by molar-refractivity contribution is 6.30. The summed E-state index contributed by atoms with van der Waals surface area (Å²) in [4.78, 5) is 21.2. The largest absolute Gasteiger partial charge is 0.394 e. The zero-order valence-corrected chi connectivity index (χ0v) is 15.0. The number of hydrogen-bond donors (Lipinski definition) is 2. The molecule has 2 aromatic heterocycles. The number of nitrogens with zero attached hydrogens (tertiary/aromatic N) is 3. The van der Waals surface area contributed by atoms with Crippen molar-refractivity contribution in [3.8, 4) is 11.3 Å². The molecule has 0 aliphatic heterocycles. The van der Waals surface area contributed by atoms with E-state index in [0.717, 1.165) is 5.56 Å². The Morgan fingerprint density at radius 3 is 2.65 bits per heavy atom. The van der Waals surface area contributed by atoms with Gasteiger partial charge in [0.05, 0.1) is 18.3 Å². The zero-order valence-electron chi connectivity index (χ0n) is 14.3. The molecular weight excluding hydrogens is 352 g/mol. The first-order valence-electron chi connectivity index (χ1n) is 8.28. The fraction of sp³-hybridized carbons (Fsp3) is 0.211. The van der Waals surface area contributed by atoms with Crippen LogP contribution in [0.1, 0.15) is 18.5 Å². The van der Waals surface area contributed by atoms with Crippen LogP contribution < -0.4 is 10.9 Å². The Labute approximate surface area is 156 Å². The Bertz CT molecular complexity index is 941. The smallest absolute Gasteiger partial charge is 0.251 e. The average molecular weight is 371 g/mol. The van der Waals surface area contributed by atoms with Crippen LogP contribution in [-0.4, -0.2) is 32.8 Å². The second kappa shape index (κ2) is 8.12. The lowest BCUT2D eigenvalue weighted by Crippen LogP contribution is -2.26. The van der Waals surface area contributed by atoms with Crippen LogP contribution in [-0.2, 0) is 0 Å². The number of aliphatic hydroxyl groups excluding tert-OH is 1. The number of halogens is 1. The van der Waals surface area contributed by atoms with Crippen molar-refractivity contribution in [3.63, 3.8) is 0 Å². The maximum absolute atomic E-state index is 12.6. The predicted molar refractivity (Wildman–Crippen MR) is 103 cm³/mol. The molecule has 26 heavy (non-hydrogen) atoms. The van der Waals surface area contributed by atoms with Crippen LogP contribution >= 0.6 is 11.6 Å². The molecule has 1 atom stereocenters. The summed E-state index contributed by atoms with van der Waals surface area (Å²) in [7, 11) is 0. The standard InChI is InChI=1S/C19H19ClN4O2/c1-2-21-19-22-9-7-16(23-19)14-8-10-24(18(26)11-14)17(12-25)13-3-5-15(20)6-4-13/h3-11,17,25H,2,12H2,1H3,(H,21,22,23). The molecule has 0 fully saturated rings. The number of nitrogens with one attached hydrogen (secondary N) is 1. The average Bonchev–Trinajstić information content (AvgIpc) is 2.65. The molecule has 3 rings (SSSR count). The molecule has 134 valence electrons. The number of aromatic nitrogens is 3. The third-order valence-corrected chi connectivity index (χ3v) is 4.25. The molecule has 3 aromatic rings. The lowest BCUT2D eigenvalue weighted by atomic mass is 10.1. The van der Waals surface area contributed by atoms with Crippen molar-refractivity contribution in [1.82, 2.24) is 14.5 Å². The van der Waals surface area contributed by atoms with Gasteiger partial charge in [0, 0.05) is 35.6 Å². The second-order valence-corrected chi connectivity index (χ2v) is 6.14. The molecule has 0 amide bonds. The monoisotopic (exact) mass is 370 g/mol. The minimum absolute atomic E-state index is 0.195. The van der Waals surface area contributed by atoms with Gasteiger partial charge in [0.1, 0.15) is 0 Å². The lowest BCUT2D eigenvalue weighted by molar-refractivity contribution is 0.247. The van der Waals surface area contributed by atoms with E-state index in [4.69, 9.17) is 11.6 Å². The summed E-state index contributed by atoms with van der Waals surface area (Å²) in [6.07, 6.45) is 3.32. The molecule has 0 aliphatic rings. The van der Waals surface area contributed by atoms with Gasteiger partial charge in [0.15, 0.2) is 0 Å². The maximum Gasteiger partial charge on any atom is 0.251 e. The van der Waals surface area contributed by atoms with Crippen molar-refractivity contribution in [3.05, 3.63) is 75.8 Å². The third kappa shape index (κ3) is 3.92. The number of hydrogen-bond acceptors (Lipinski definition) is 5. The minimum Gasteiger partial charge on any atom is -0.394 e. The van der Waals surface area contributed by atoms with E-state index in [0.29, 0.717) is 28.8 Å². The Balaban J connectivity index is 1.95. The van der Waals surface area contributed by atoms with Gasteiger partial charge in [-0.1, -0.05) is 23.7 Å². The molecule has 2 heterocycles. The third-order valence-electron chi connectivity index (χ3n) is 4.00. The van der Waals surface area contributed by atoms with Gasteiger partial charge < -0.3 is 15.0 Å². The Morgan fingerprint density at radius 2 is 2.00 bits per heavy atom. The van der Waals surface area contributed by atoms with Crippen LogP contribution in [0.5, 0.6) is 0 Å². The quantitative estimate of drug-likeness (QED) is 0.697. The summed E-state index contributed by atoms with van der Waals surface area (Å²) in [5, 5.41) is 13.4. The van der Waals surface area contributed by atoms with Crippen LogP contribution in [0.25, 0.3) is 11.3 Å². The summed E-state index contributed by atoms with van der Waals surface area (Å²) in [6.45, 7) is 2.48. The molecule has 2 N–H and O–H groups in total. The van der Waals surface area contributed by atoms with Crippen LogP contribution in [0.15, 0.2) is 59.7 Å². The molecule has 0 saturated carbocycles. The predicted octanol–water partition coefficient (Wildman–Crippen LogP) is 2.97. The lowest BCUT2D eigenvalue weighted by Gasteiger charge is -2.18. The normalized spacial score (nSPS) is 12.0. The van der Waals surface area contributed by atoms with E-state index in [1.54, 1.807) is 48.8 Å². The molecule has 0 saturated heterocycles. The van der Waals surface area contributed by atoms with Crippen LogP contribution in [0.4, 0.5) is 5.95 Å². The first kappa shape index (κ1) is 18.1. The van der Waals surface area contributed by atoms with Gasteiger partial charge in [-0.05, 0) is 36.8 Å². The molecule has 0 aliphatic carbocycles. The van der Waals surface area contributed by atoms with Crippen molar-refractivity contribution in [1.29, 1.82) is 0 Å². The number of pyridine rings is 1. The van der Waals surface area contributed by atoms with Gasteiger partial charge in [0.2, 0.25) is 5.95 Å². The van der Waals surface area contributed by atoms with Crippen molar-refractivity contribution < 1.29 is 5.11 Å². The molecule has 0 spiro atoms. The van der Waals surface area contributed by atoms with Crippen molar-refractivity contribution >= 4 is 17.5 Å². The van der Waals surface area contributed by atoms with E-state index in [2.05, 4.69) is 15.3 Å². The Morgan fingerprint density at radius 1 is 1.23 bits per heavy atom. The van der Waals surface area contributed by atoms with Crippen molar-refractivity contribution in [2.75, 3.05) is 18.5 Å². The van der Waals surface area contributed by atoms with Gasteiger partial charge >= 0.3 is 0 Å². The van der Waals surface area contributed by atoms with E-state index >= 15 is 0 Å². The highest BCUT2D eigenvalue weighted by Crippen LogP contribution is 2.21. The summed E-state index contributed by atoms with van der Waals surface area (Å²) < 4.78 is 1.50. The minimum atomic E-state index is -0.475. The number of anilines is 1. The molecule has 6 nitrogen and oxygen atoms in total. The SMILES string of the molecule is CCNc1nccc(-c2ccn(C(CO)c3ccc(Cl)cc3)c(=O)c2)n1. The van der Waals surface area contributed by atoms with Crippen molar-refractivity contribution in [2.24, 2.45) is 0 Å². The van der Waals surface area contributed by atoms with Crippen LogP contribution in [0.3, 0.4) is 0 Å². The number of rotatable bonds is 6. The summed E-state index contributed by atoms with van der Waals surface area (Å²) in [6, 6.07) is 11.7. The first-order chi connectivity index (χ1) is 12.6. The number of benzene rings is 1. The molecule has 0 bridgehead atoms. The van der Waals surface area contributed by atoms with Crippen molar-refractivity contribution in [2.45, 2.75) is 13.0 Å². The molecule has 7 heteroatoms. The van der Waals surface area contributed by atoms with Crippen LogP contribution in [0.2, 0.25) is 5.02 Å². The molecule has 1 unspecified atom stereocenters. The van der Waals surface area contributed by atoms with Gasteiger partial charge in [-0.3, -0.25) is 4.79 Å². The van der Waals surface area contributed by atoms with E-state index in [1.165, 1.54) is 10.6 Å². The van der Waals surface area contributed by atoms with E-state index < -0.39 is 6.04 Å². The summed E-state index contributed by atoms with van der Waals surface area (Å²) >= 11 is 5.91. The van der Waals surface area contributed by atoms with E-state index in [1.807, 2.05) is 6.92 Å². The highest BCUT2D eigenvalue weighted by atomic mass is 35.5. The summed E-state index contributed by atoms with van der Waals surface area (Å²) in [5.41, 5.74) is 1.94. The topological polar surface area (TPSA) is 80.0 Å². The Hall–Kier alpha value is -2.70. The molecular formula is C19H19ClN4O2. The van der Waals surface area contributed by atoms with Gasteiger partial charge in [-0.25, -0.2) is 9.97 Å². The van der Waals surface area contributed by atoms with Gasteiger partial charge in [-0.15, -0.1) is 0 Å². The Kier molecular flexibility index (Phi) is 5.65. The molecule has 0 radical (unpaired) electrons. The van der Waals surface area contributed by atoms with E-state index in [-0.39, 0.29) is 12.2 Å². The van der Waals surface area contributed by atoms with Gasteiger partial charge in [0.25, 0.3) is 5.56 Å². The maximum atomic E-state index is 12.6. The number of aliphatic hydroxyl groups is 1. The highest BCUT2D eigenvalue weighted by Gasteiger charge is 2.15. The summed E-state index contributed by atoms with van der Waals surface area (Å²) in [5.74, 6) is 0.517. The first-order valence-corrected chi connectivity index (χ1v) is 8.66.